The highest BCUT2D eigenvalue weighted by atomic mass is 16.5. The minimum absolute atomic E-state index is 0.0728. The highest BCUT2D eigenvalue weighted by Gasteiger charge is 2.32. The minimum Gasteiger partial charge on any atom is -0.497 e. The molecule has 0 bridgehead atoms. The number of piperidine rings is 1. The van der Waals surface area contributed by atoms with Gasteiger partial charge in [-0.15, -0.1) is 0 Å². The summed E-state index contributed by atoms with van der Waals surface area (Å²) < 4.78 is 16.8. The Morgan fingerprint density at radius 2 is 2.10 bits per heavy atom. The molecule has 29 heavy (non-hydrogen) atoms. The highest BCUT2D eigenvalue weighted by molar-refractivity contribution is 5.78. The first-order valence-corrected chi connectivity index (χ1v) is 10.4. The van der Waals surface area contributed by atoms with Gasteiger partial charge in [0.15, 0.2) is 0 Å². The zero-order valence-electron chi connectivity index (χ0n) is 17.0. The lowest BCUT2D eigenvalue weighted by molar-refractivity contribution is -0.137. The summed E-state index contributed by atoms with van der Waals surface area (Å²) in [6.07, 6.45) is 5.45. The maximum Gasteiger partial charge on any atom is 0.237 e. The van der Waals surface area contributed by atoms with Gasteiger partial charge in [-0.1, -0.05) is 12.1 Å². The highest BCUT2D eigenvalue weighted by Crippen LogP contribution is 2.31. The lowest BCUT2D eigenvalue weighted by Gasteiger charge is -2.36. The van der Waals surface area contributed by atoms with Gasteiger partial charge in [-0.25, -0.2) is 4.98 Å². The normalized spacial score (nSPS) is 20.6. The van der Waals surface area contributed by atoms with Gasteiger partial charge in [0.1, 0.15) is 17.6 Å². The smallest absolute Gasteiger partial charge is 0.237 e. The van der Waals surface area contributed by atoms with Gasteiger partial charge in [0.2, 0.25) is 11.8 Å². The van der Waals surface area contributed by atoms with Crippen molar-refractivity contribution in [2.45, 2.75) is 31.7 Å². The molecule has 4 rings (SSSR count). The van der Waals surface area contributed by atoms with E-state index in [0.29, 0.717) is 32.1 Å². The molecule has 0 saturated carbocycles. The molecule has 156 valence electrons. The van der Waals surface area contributed by atoms with Crippen molar-refractivity contribution in [1.82, 2.24) is 14.8 Å². The van der Waals surface area contributed by atoms with Crippen LogP contribution in [-0.2, 0) is 16.0 Å². The Labute approximate surface area is 171 Å². The molecular formula is C22H29N3O4. The van der Waals surface area contributed by atoms with E-state index in [0.717, 1.165) is 56.0 Å². The fourth-order valence-corrected chi connectivity index (χ4v) is 4.07. The Bertz CT molecular complexity index is 816. The first-order valence-electron chi connectivity index (χ1n) is 10.4. The molecule has 1 aromatic carbocycles. The van der Waals surface area contributed by atoms with Crippen LogP contribution >= 0.6 is 0 Å². The summed E-state index contributed by atoms with van der Waals surface area (Å²) in [5, 5.41) is 0. The first kappa shape index (κ1) is 19.9. The second-order valence-corrected chi connectivity index (χ2v) is 7.68. The summed E-state index contributed by atoms with van der Waals surface area (Å²) in [6, 6.07) is 7.87. The molecule has 0 radical (unpaired) electrons. The number of rotatable bonds is 6. The second-order valence-electron chi connectivity index (χ2n) is 7.68. The first-order chi connectivity index (χ1) is 14.2. The van der Waals surface area contributed by atoms with E-state index in [2.05, 4.69) is 9.88 Å². The van der Waals surface area contributed by atoms with Crippen LogP contribution in [-0.4, -0.2) is 67.2 Å². The number of morpholine rings is 1. The third kappa shape index (κ3) is 4.97. The largest absolute Gasteiger partial charge is 0.497 e. The number of ether oxygens (including phenoxy) is 2. The molecule has 0 aliphatic carbocycles. The quantitative estimate of drug-likeness (QED) is 0.744. The van der Waals surface area contributed by atoms with Crippen molar-refractivity contribution in [2.24, 2.45) is 0 Å². The Balaban J connectivity index is 1.43. The van der Waals surface area contributed by atoms with Gasteiger partial charge in [0.25, 0.3) is 0 Å². The number of likely N-dealkylation sites (tertiary alicyclic amines) is 1. The monoisotopic (exact) mass is 399 g/mol. The van der Waals surface area contributed by atoms with Gasteiger partial charge in [-0.3, -0.25) is 9.69 Å². The number of aromatic nitrogens is 1. The number of oxazole rings is 1. The molecule has 1 aromatic heterocycles. The molecule has 0 spiro atoms. The van der Waals surface area contributed by atoms with Crippen molar-refractivity contribution in [2.75, 3.05) is 46.5 Å². The van der Waals surface area contributed by atoms with Crippen LogP contribution in [0.25, 0.3) is 0 Å². The maximum absolute atomic E-state index is 13.0. The Kier molecular flexibility index (Phi) is 6.46. The molecule has 2 aliphatic heterocycles. The summed E-state index contributed by atoms with van der Waals surface area (Å²) in [4.78, 5) is 21.6. The molecule has 2 saturated heterocycles. The van der Waals surface area contributed by atoms with E-state index in [9.17, 15) is 4.79 Å². The number of hydrogen-bond acceptors (Lipinski definition) is 6. The lowest BCUT2D eigenvalue weighted by atomic mass is 10.0. The van der Waals surface area contributed by atoms with E-state index in [1.807, 2.05) is 29.2 Å². The molecule has 7 nitrogen and oxygen atoms in total. The van der Waals surface area contributed by atoms with Gasteiger partial charge in [0, 0.05) is 26.1 Å². The van der Waals surface area contributed by atoms with Crippen molar-refractivity contribution in [3.05, 3.63) is 47.7 Å². The van der Waals surface area contributed by atoms with E-state index < -0.39 is 0 Å². The van der Waals surface area contributed by atoms with Gasteiger partial charge >= 0.3 is 0 Å². The van der Waals surface area contributed by atoms with Crippen LogP contribution in [0.3, 0.4) is 0 Å². The summed E-state index contributed by atoms with van der Waals surface area (Å²) >= 11 is 0. The van der Waals surface area contributed by atoms with E-state index >= 15 is 0 Å². The van der Waals surface area contributed by atoms with Crippen molar-refractivity contribution in [1.29, 1.82) is 0 Å². The zero-order chi connectivity index (χ0) is 20.1. The van der Waals surface area contributed by atoms with Crippen LogP contribution in [0.4, 0.5) is 0 Å². The van der Waals surface area contributed by atoms with Crippen molar-refractivity contribution < 1.29 is 18.7 Å². The molecule has 2 fully saturated rings. The van der Waals surface area contributed by atoms with Gasteiger partial charge in [-0.05, 0) is 37.0 Å². The SMILES string of the molecule is COc1cccc(Cc2cnc([C@H]3CCCCN3C(=O)CN3CCOCC3)o2)c1. The average molecular weight is 399 g/mol. The molecule has 0 unspecified atom stereocenters. The van der Waals surface area contributed by atoms with Gasteiger partial charge in [0.05, 0.1) is 33.1 Å². The molecular weight excluding hydrogens is 370 g/mol. The van der Waals surface area contributed by atoms with Gasteiger partial charge < -0.3 is 18.8 Å². The number of hydrogen-bond donors (Lipinski definition) is 0. The minimum atomic E-state index is -0.0728. The predicted octanol–water partition coefficient (Wildman–Crippen LogP) is 2.66. The Hall–Kier alpha value is -2.38. The number of benzene rings is 1. The van der Waals surface area contributed by atoms with Gasteiger partial charge in [-0.2, -0.15) is 0 Å². The van der Waals surface area contributed by atoms with Crippen molar-refractivity contribution in [3.63, 3.8) is 0 Å². The third-order valence-electron chi connectivity index (χ3n) is 5.65. The van der Waals surface area contributed by atoms with Crippen molar-refractivity contribution in [3.8, 4) is 5.75 Å². The lowest BCUT2D eigenvalue weighted by Crippen LogP contribution is -2.47. The molecule has 3 heterocycles. The predicted molar refractivity (Wildman–Crippen MR) is 108 cm³/mol. The van der Waals surface area contributed by atoms with E-state index in [1.165, 1.54) is 0 Å². The summed E-state index contributed by atoms with van der Waals surface area (Å²) in [5.41, 5.74) is 1.11. The zero-order valence-corrected chi connectivity index (χ0v) is 17.0. The molecule has 1 atom stereocenters. The summed E-state index contributed by atoms with van der Waals surface area (Å²) in [5.74, 6) is 2.44. The second kappa shape index (κ2) is 9.41. The Morgan fingerprint density at radius 3 is 2.93 bits per heavy atom. The fraction of sp³-hybridized carbons (Fsp3) is 0.545. The maximum atomic E-state index is 13.0. The van der Waals surface area contributed by atoms with Crippen LogP contribution in [0, 0.1) is 0 Å². The van der Waals surface area contributed by atoms with Crippen LogP contribution in [0.5, 0.6) is 5.75 Å². The van der Waals surface area contributed by atoms with E-state index in [1.54, 1.807) is 13.3 Å². The van der Waals surface area contributed by atoms with E-state index in [4.69, 9.17) is 13.9 Å². The Morgan fingerprint density at radius 1 is 1.24 bits per heavy atom. The number of nitrogens with zero attached hydrogens (tertiary/aromatic N) is 3. The standard InChI is InChI=1S/C22H29N3O4/c1-27-18-6-4-5-17(13-18)14-19-15-23-22(29-19)20-7-2-3-8-25(20)21(26)16-24-9-11-28-12-10-24/h4-6,13,15,20H,2-3,7-12,14,16H2,1H3/t20-/m1/s1. The molecule has 2 aliphatic rings. The number of methoxy groups -OCH3 is 1. The van der Waals surface area contributed by atoms with Crippen LogP contribution in [0.1, 0.15) is 42.5 Å². The summed E-state index contributed by atoms with van der Waals surface area (Å²) in [6.45, 7) is 4.23. The third-order valence-corrected chi connectivity index (χ3v) is 5.65. The average Bonchev–Trinajstić information content (AvgIpc) is 3.23. The molecule has 7 heteroatoms. The molecule has 2 aromatic rings. The number of carbonyl (C=O) groups excluding carboxylic acids is 1. The molecule has 1 amide bonds. The fourth-order valence-electron chi connectivity index (χ4n) is 4.07. The molecule has 0 N–H and O–H groups in total. The summed E-state index contributed by atoms with van der Waals surface area (Å²) in [7, 11) is 1.66. The number of carbonyl (C=O) groups is 1. The van der Waals surface area contributed by atoms with Crippen LogP contribution < -0.4 is 4.74 Å². The van der Waals surface area contributed by atoms with Crippen LogP contribution in [0.15, 0.2) is 34.9 Å². The van der Waals surface area contributed by atoms with Crippen LogP contribution in [0.2, 0.25) is 0 Å². The topological polar surface area (TPSA) is 68.0 Å². The van der Waals surface area contributed by atoms with Crippen molar-refractivity contribution >= 4 is 5.91 Å². The van der Waals surface area contributed by atoms with E-state index in [-0.39, 0.29) is 11.9 Å². The number of amides is 1.